The smallest absolute Gasteiger partial charge is 0.0934 e. The van der Waals surface area contributed by atoms with Gasteiger partial charge in [0.25, 0.3) is 0 Å². The van der Waals surface area contributed by atoms with Crippen molar-refractivity contribution < 1.29 is 4.39 Å². The minimum absolute atomic E-state index is 0.136. The van der Waals surface area contributed by atoms with Crippen LogP contribution < -0.4 is 0 Å². The van der Waals surface area contributed by atoms with Crippen molar-refractivity contribution in [2.45, 2.75) is 32.7 Å². The molecule has 1 fully saturated rings. The maximum atomic E-state index is 12.3. The number of rotatable bonds is 2. The summed E-state index contributed by atoms with van der Waals surface area (Å²) in [6.45, 7) is 6.35. The van der Waals surface area contributed by atoms with Crippen LogP contribution in [0.2, 0.25) is 0 Å². The minimum atomic E-state index is -0.136. The van der Waals surface area contributed by atoms with Gasteiger partial charge in [-0.15, -0.1) is 0 Å². The van der Waals surface area contributed by atoms with Crippen LogP contribution in [0.4, 0.5) is 4.39 Å². The molecule has 1 atom stereocenters. The quantitative estimate of drug-likeness (QED) is 0.596. The second-order valence-corrected chi connectivity index (χ2v) is 3.75. The first-order chi connectivity index (χ1) is 5.24. The van der Waals surface area contributed by atoms with E-state index in [4.69, 9.17) is 0 Å². The highest BCUT2D eigenvalue weighted by molar-refractivity contribution is 4.74. The predicted octanol–water partition coefficient (Wildman–Crippen LogP) is 2.08. The van der Waals surface area contributed by atoms with Crippen molar-refractivity contribution in [2.24, 2.45) is 5.92 Å². The summed E-state index contributed by atoms with van der Waals surface area (Å²) in [7, 11) is 0. The van der Waals surface area contributed by atoms with Gasteiger partial charge < -0.3 is 4.90 Å². The van der Waals surface area contributed by atoms with Crippen LogP contribution >= 0.6 is 0 Å². The summed E-state index contributed by atoms with van der Waals surface area (Å²) >= 11 is 0. The fraction of sp³-hybridized carbons (Fsp3) is 1.00. The molecule has 2 heteroatoms. The summed E-state index contributed by atoms with van der Waals surface area (Å²) in [5.41, 5.74) is 0. The van der Waals surface area contributed by atoms with Gasteiger partial charge in [-0.25, -0.2) is 0 Å². The normalized spacial score (nSPS) is 27.8. The molecular weight excluding hydrogens is 141 g/mol. The molecule has 1 heterocycles. The largest absolute Gasteiger partial charge is 0.301 e. The number of alkyl halides is 1. The van der Waals surface area contributed by atoms with Crippen LogP contribution in [0.15, 0.2) is 0 Å². The zero-order valence-electron chi connectivity index (χ0n) is 7.52. The van der Waals surface area contributed by atoms with Gasteiger partial charge in [-0.3, -0.25) is 4.39 Å². The molecular formula is C9H18FN. The topological polar surface area (TPSA) is 3.24 Å². The Morgan fingerprint density at radius 2 is 2.27 bits per heavy atom. The third-order valence-corrected chi connectivity index (χ3v) is 2.50. The van der Waals surface area contributed by atoms with E-state index in [1.54, 1.807) is 0 Å². The summed E-state index contributed by atoms with van der Waals surface area (Å²) in [5, 5.41) is 0. The van der Waals surface area contributed by atoms with Crippen LogP contribution in [-0.2, 0) is 0 Å². The predicted molar refractivity (Wildman–Crippen MR) is 45.4 cm³/mol. The Kier molecular flexibility index (Phi) is 3.31. The molecule has 66 valence electrons. The summed E-state index contributed by atoms with van der Waals surface area (Å²) in [4.78, 5) is 2.37. The second-order valence-electron chi connectivity index (χ2n) is 3.75. The van der Waals surface area contributed by atoms with E-state index >= 15 is 0 Å². The molecule has 0 saturated carbocycles. The number of piperidine rings is 1. The third-order valence-electron chi connectivity index (χ3n) is 2.50. The molecule has 11 heavy (non-hydrogen) atoms. The van der Waals surface area contributed by atoms with Crippen LogP contribution in [-0.4, -0.2) is 30.7 Å². The number of likely N-dealkylation sites (tertiary alicyclic amines) is 1. The van der Waals surface area contributed by atoms with Gasteiger partial charge in [-0.1, -0.05) is 0 Å². The van der Waals surface area contributed by atoms with E-state index in [-0.39, 0.29) is 6.67 Å². The first-order valence-corrected chi connectivity index (χ1v) is 4.54. The van der Waals surface area contributed by atoms with Gasteiger partial charge in [0.1, 0.15) is 0 Å². The van der Waals surface area contributed by atoms with E-state index in [1.807, 2.05) is 0 Å². The lowest BCUT2D eigenvalue weighted by molar-refractivity contribution is 0.124. The highest BCUT2D eigenvalue weighted by atomic mass is 19.1. The van der Waals surface area contributed by atoms with Gasteiger partial charge >= 0.3 is 0 Å². The zero-order valence-corrected chi connectivity index (χ0v) is 7.52. The molecule has 0 aliphatic carbocycles. The van der Waals surface area contributed by atoms with Crippen molar-refractivity contribution >= 4 is 0 Å². The maximum Gasteiger partial charge on any atom is 0.0934 e. The second kappa shape index (κ2) is 4.05. The molecule has 0 amide bonds. The number of hydrogen-bond acceptors (Lipinski definition) is 1. The van der Waals surface area contributed by atoms with Crippen LogP contribution in [0.1, 0.15) is 26.7 Å². The fourth-order valence-corrected chi connectivity index (χ4v) is 1.69. The minimum Gasteiger partial charge on any atom is -0.301 e. The first kappa shape index (κ1) is 8.98. The third kappa shape index (κ3) is 2.44. The Bertz CT molecular complexity index is 114. The molecule has 0 unspecified atom stereocenters. The molecule has 0 aromatic rings. The molecule has 0 spiro atoms. The van der Waals surface area contributed by atoms with Gasteiger partial charge in [-0.2, -0.15) is 0 Å². The Morgan fingerprint density at radius 3 is 2.82 bits per heavy atom. The van der Waals surface area contributed by atoms with Gasteiger partial charge in [0.15, 0.2) is 0 Å². The average Bonchev–Trinajstić information content (AvgIpc) is 2.05. The van der Waals surface area contributed by atoms with Crippen LogP contribution in [0.5, 0.6) is 0 Å². The number of halogens is 1. The lowest BCUT2D eigenvalue weighted by Gasteiger charge is -2.34. The Hall–Kier alpha value is -0.110. The van der Waals surface area contributed by atoms with E-state index < -0.39 is 0 Å². The van der Waals surface area contributed by atoms with Crippen LogP contribution in [0, 0.1) is 5.92 Å². The number of hydrogen-bond donors (Lipinski definition) is 0. The van der Waals surface area contributed by atoms with Crippen molar-refractivity contribution in [1.29, 1.82) is 0 Å². The lowest BCUT2D eigenvalue weighted by atomic mass is 9.98. The standard InChI is InChI=1S/C9H18FN/c1-8(2)11-5-3-4-9(6-10)7-11/h8-9H,3-7H2,1-2H3/t9-/m0/s1. The van der Waals surface area contributed by atoms with Gasteiger partial charge in [-0.05, 0) is 33.2 Å². The lowest BCUT2D eigenvalue weighted by Crippen LogP contribution is -2.40. The molecule has 1 aliphatic heterocycles. The van der Waals surface area contributed by atoms with Gasteiger partial charge in [0.2, 0.25) is 0 Å². The van der Waals surface area contributed by atoms with Crippen LogP contribution in [0.3, 0.4) is 0 Å². The maximum absolute atomic E-state index is 12.3. The Balaban J connectivity index is 2.33. The van der Waals surface area contributed by atoms with Crippen LogP contribution in [0.25, 0.3) is 0 Å². The van der Waals surface area contributed by atoms with Crippen molar-refractivity contribution in [3.05, 3.63) is 0 Å². The fourth-order valence-electron chi connectivity index (χ4n) is 1.69. The molecule has 0 bridgehead atoms. The van der Waals surface area contributed by atoms with Gasteiger partial charge in [0, 0.05) is 18.5 Å². The zero-order chi connectivity index (χ0) is 8.27. The summed E-state index contributed by atoms with van der Waals surface area (Å²) < 4.78 is 12.3. The summed E-state index contributed by atoms with van der Waals surface area (Å²) in [6, 6.07) is 0.587. The molecule has 1 nitrogen and oxygen atoms in total. The molecule has 1 rings (SSSR count). The monoisotopic (exact) mass is 159 g/mol. The highest BCUT2D eigenvalue weighted by Gasteiger charge is 2.20. The molecule has 0 radical (unpaired) electrons. The Morgan fingerprint density at radius 1 is 1.55 bits per heavy atom. The number of nitrogens with zero attached hydrogens (tertiary/aromatic N) is 1. The average molecular weight is 159 g/mol. The van der Waals surface area contributed by atoms with E-state index in [9.17, 15) is 4.39 Å². The Labute approximate surface area is 68.6 Å². The van der Waals surface area contributed by atoms with Crippen molar-refractivity contribution in [3.63, 3.8) is 0 Å². The molecule has 0 aromatic heterocycles. The van der Waals surface area contributed by atoms with E-state index in [0.717, 1.165) is 19.5 Å². The molecule has 1 saturated heterocycles. The molecule has 0 aromatic carbocycles. The SMILES string of the molecule is CC(C)N1CCC[C@@H](CF)C1. The van der Waals surface area contributed by atoms with E-state index in [2.05, 4.69) is 18.7 Å². The van der Waals surface area contributed by atoms with Crippen molar-refractivity contribution in [3.8, 4) is 0 Å². The molecule has 0 N–H and O–H groups in total. The first-order valence-electron chi connectivity index (χ1n) is 4.54. The highest BCUT2D eigenvalue weighted by Crippen LogP contribution is 2.18. The van der Waals surface area contributed by atoms with Gasteiger partial charge in [0.05, 0.1) is 6.67 Å². The van der Waals surface area contributed by atoms with E-state index in [0.29, 0.717) is 12.0 Å². The van der Waals surface area contributed by atoms with Crippen molar-refractivity contribution in [2.75, 3.05) is 19.8 Å². The van der Waals surface area contributed by atoms with Crippen molar-refractivity contribution in [1.82, 2.24) is 4.90 Å². The van der Waals surface area contributed by atoms with E-state index in [1.165, 1.54) is 6.42 Å². The summed E-state index contributed by atoms with van der Waals surface area (Å²) in [6.07, 6.45) is 2.26. The summed E-state index contributed by atoms with van der Waals surface area (Å²) in [5.74, 6) is 0.311. The molecule has 1 aliphatic rings.